The summed E-state index contributed by atoms with van der Waals surface area (Å²) in [6.45, 7) is 2.75. The summed E-state index contributed by atoms with van der Waals surface area (Å²) in [6.07, 6.45) is 0. The lowest BCUT2D eigenvalue weighted by Crippen LogP contribution is -2.08. The van der Waals surface area contributed by atoms with Gasteiger partial charge >= 0.3 is 0 Å². The molecule has 2 aromatic rings. The summed E-state index contributed by atoms with van der Waals surface area (Å²) in [4.78, 5) is 4.59. The van der Waals surface area contributed by atoms with E-state index in [2.05, 4.69) is 29.4 Å². The number of nitrogens with zero attached hydrogens (tertiary/aromatic N) is 1. The van der Waals surface area contributed by atoms with E-state index in [0.29, 0.717) is 12.5 Å². The van der Waals surface area contributed by atoms with Crippen LogP contribution in [-0.4, -0.2) is 11.5 Å². The summed E-state index contributed by atoms with van der Waals surface area (Å²) < 4.78 is 0. The Morgan fingerprint density at radius 1 is 1.33 bits per heavy atom. The maximum Gasteiger partial charge on any atom is 0.123 e. The molecule has 2 nitrogen and oxygen atoms in total. The van der Waals surface area contributed by atoms with Gasteiger partial charge in [-0.1, -0.05) is 37.3 Å². The molecule has 2 rings (SSSR count). The van der Waals surface area contributed by atoms with Crippen LogP contribution in [0.3, 0.4) is 0 Å². The number of nitrogens with two attached hydrogens (primary N) is 1. The van der Waals surface area contributed by atoms with E-state index in [1.165, 1.54) is 5.56 Å². The molecular formula is C12H14N2S. The molecule has 1 heterocycles. The van der Waals surface area contributed by atoms with Crippen LogP contribution in [0, 0.1) is 0 Å². The molecule has 0 aliphatic heterocycles. The van der Waals surface area contributed by atoms with Gasteiger partial charge in [0.1, 0.15) is 5.01 Å². The first-order valence-corrected chi connectivity index (χ1v) is 5.90. The smallest absolute Gasteiger partial charge is 0.123 e. The molecule has 1 aromatic carbocycles. The fourth-order valence-corrected chi connectivity index (χ4v) is 2.29. The maximum atomic E-state index is 5.62. The van der Waals surface area contributed by atoms with Gasteiger partial charge in [-0.3, -0.25) is 0 Å². The normalized spacial score (nSPS) is 12.7. The molecule has 0 saturated heterocycles. The highest BCUT2D eigenvalue weighted by Gasteiger charge is 2.09. The molecule has 78 valence electrons. The molecule has 0 spiro atoms. The average Bonchev–Trinajstić information content (AvgIpc) is 2.78. The van der Waals surface area contributed by atoms with Crippen molar-refractivity contribution in [1.29, 1.82) is 0 Å². The van der Waals surface area contributed by atoms with Crippen LogP contribution < -0.4 is 5.73 Å². The second kappa shape index (κ2) is 4.55. The number of hydrogen-bond donors (Lipinski definition) is 1. The largest absolute Gasteiger partial charge is 0.330 e. The minimum Gasteiger partial charge on any atom is -0.330 e. The van der Waals surface area contributed by atoms with Gasteiger partial charge < -0.3 is 5.73 Å². The lowest BCUT2D eigenvalue weighted by molar-refractivity contribution is 0.752. The Balaban J connectivity index is 2.28. The molecule has 0 radical (unpaired) electrons. The predicted octanol–water partition coefficient (Wildman–Crippen LogP) is 2.87. The molecule has 1 atom stereocenters. The predicted molar refractivity (Wildman–Crippen MR) is 65.0 cm³/mol. The molecular weight excluding hydrogens is 204 g/mol. The molecule has 0 fully saturated rings. The third kappa shape index (κ3) is 2.25. The molecule has 2 N–H and O–H groups in total. The van der Waals surface area contributed by atoms with E-state index in [0.717, 1.165) is 10.7 Å². The Hall–Kier alpha value is -1.19. The van der Waals surface area contributed by atoms with Crippen molar-refractivity contribution in [3.8, 4) is 10.6 Å². The van der Waals surface area contributed by atoms with Crippen LogP contribution in [0.4, 0.5) is 0 Å². The van der Waals surface area contributed by atoms with Crippen molar-refractivity contribution in [1.82, 2.24) is 4.98 Å². The summed E-state index contributed by atoms with van der Waals surface area (Å²) in [7, 11) is 0. The van der Waals surface area contributed by atoms with Crippen LogP contribution in [0.5, 0.6) is 0 Å². The fourth-order valence-electron chi connectivity index (χ4n) is 1.35. The van der Waals surface area contributed by atoms with E-state index in [-0.39, 0.29) is 0 Å². The standard InChI is InChI=1S/C12H14N2S/c1-9(7-13)11-8-15-12(14-11)10-5-3-2-4-6-10/h2-6,8-9H,7,13H2,1H3. The molecule has 1 aromatic heterocycles. The van der Waals surface area contributed by atoms with Crippen molar-refractivity contribution in [3.63, 3.8) is 0 Å². The lowest BCUT2D eigenvalue weighted by Gasteiger charge is -2.02. The Morgan fingerprint density at radius 3 is 2.73 bits per heavy atom. The zero-order chi connectivity index (χ0) is 10.7. The van der Waals surface area contributed by atoms with Gasteiger partial charge in [-0.2, -0.15) is 0 Å². The Bertz CT molecular complexity index is 422. The Labute approximate surface area is 93.8 Å². The van der Waals surface area contributed by atoms with Gasteiger partial charge in [0, 0.05) is 23.4 Å². The third-order valence-corrected chi connectivity index (χ3v) is 3.31. The molecule has 0 amide bonds. The molecule has 0 bridgehead atoms. The number of hydrogen-bond acceptors (Lipinski definition) is 3. The topological polar surface area (TPSA) is 38.9 Å². The summed E-state index contributed by atoms with van der Waals surface area (Å²) >= 11 is 1.68. The quantitative estimate of drug-likeness (QED) is 0.860. The highest BCUT2D eigenvalue weighted by atomic mass is 32.1. The van der Waals surface area contributed by atoms with E-state index in [4.69, 9.17) is 5.73 Å². The van der Waals surface area contributed by atoms with Crippen molar-refractivity contribution in [2.75, 3.05) is 6.54 Å². The van der Waals surface area contributed by atoms with E-state index < -0.39 is 0 Å². The average molecular weight is 218 g/mol. The van der Waals surface area contributed by atoms with Gasteiger partial charge in [-0.05, 0) is 0 Å². The fraction of sp³-hybridized carbons (Fsp3) is 0.250. The first-order chi connectivity index (χ1) is 7.31. The maximum absolute atomic E-state index is 5.62. The Morgan fingerprint density at radius 2 is 2.07 bits per heavy atom. The monoisotopic (exact) mass is 218 g/mol. The van der Waals surface area contributed by atoms with Crippen LogP contribution in [0.1, 0.15) is 18.5 Å². The molecule has 15 heavy (non-hydrogen) atoms. The molecule has 0 aliphatic carbocycles. The van der Waals surface area contributed by atoms with Gasteiger partial charge in [0.05, 0.1) is 5.69 Å². The van der Waals surface area contributed by atoms with E-state index in [1.807, 2.05) is 18.2 Å². The van der Waals surface area contributed by atoms with Gasteiger partial charge in [0.15, 0.2) is 0 Å². The van der Waals surface area contributed by atoms with Crippen LogP contribution in [0.15, 0.2) is 35.7 Å². The van der Waals surface area contributed by atoms with Gasteiger partial charge in [0.2, 0.25) is 0 Å². The van der Waals surface area contributed by atoms with Crippen molar-refractivity contribution < 1.29 is 0 Å². The van der Waals surface area contributed by atoms with Crippen molar-refractivity contribution in [2.24, 2.45) is 5.73 Å². The minimum atomic E-state index is 0.346. The number of rotatable bonds is 3. The SMILES string of the molecule is CC(CN)c1csc(-c2ccccc2)n1. The highest BCUT2D eigenvalue weighted by molar-refractivity contribution is 7.13. The molecule has 0 saturated carbocycles. The molecule has 3 heteroatoms. The second-order valence-corrected chi connectivity index (χ2v) is 4.44. The van der Waals surface area contributed by atoms with E-state index in [9.17, 15) is 0 Å². The van der Waals surface area contributed by atoms with E-state index in [1.54, 1.807) is 11.3 Å². The second-order valence-electron chi connectivity index (χ2n) is 3.58. The van der Waals surface area contributed by atoms with Crippen LogP contribution >= 0.6 is 11.3 Å². The van der Waals surface area contributed by atoms with Crippen LogP contribution in [0.2, 0.25) is 0 Å². The lowest BCUT2D eigenvalue weighted by atomic mass is 10.1. The zero-order valence-corrected chi connectivity index (χ0v) is 9.50. The van der Waals surface area contributed by atoms with Gasteiger partial charge in [-0.15, -0.1) is 11.3 Å². The first-order valence-electron chi connectivity index (χ1n) is 5.02. The highest BCUT2D eigenvalue weighted by Crippen LogP contribution is 2.26. The first kappa shape index (κ1) is 10.3. The van der Waals surface area contributed by atoms with Crippen molar-refractivity contribution in [3.05, 3.63) is 41.4 Å². The van der Waals surface area contributed by atoms with E-state index >= 15 is 0 Å². The third-order valence-electron chi connectivity index (χ3n) is 2.40. The van der Waals surface area contributed by atoms with Crippen molar-refractivity contribution >= 4 is 11.3 Å². The van der Waals surface area contributed by atoms with Gasteiger partial charge in [0.25, 0.3) is 0 Å². The van der Waals surface area contributed by atoms with Crippen molar-refractivity contribution in [2.45, 2.75) is 12.8 Å². The van der Waals surface area contributed by atoms with Gasteiger partial charge in [-0.25, -0.2) is 4.98 Å². The summed E-state index contributed by atoms with van der Waals surface area (Å²) in [5, 5.41) is 3.17. The summed E-state index contributed by atoms with van der Waals surface area (Å²) in [5.41, 5.74) is 7.89. The number of aromatic nitrogens is 1. The molecule has 1 unspecified atom stereocenters. The number of benzene rings is 1. The Kier molecular flexibility index (Phi) is 3.14. The minimum absolute atomic E-state index is 0.346. The van der Waals surface area contributed by atoms with Crippen LogP contribution in [-0.2, 0) is 0 Å². The molecule has 0 aliphatic rings. The number of thiazole rings is 1. The zero-order valence-electron chi connectivity index (χ0n) is 8.68. The summed E-state index contributed by atoms with van der Waals surface area (Å²) in [6, 6.07) is 10.2. The van der Waals surface area contributed by atoms with Crippen LogP contribution in [0.25, 0.3) is 10.6 Å². The summed E-state index contributed by atoms with van der Waals surface area (Å²) in [5.74, 6) is 0.346.